The first-order valence-electron chi connectivity index (χ1n) is 9.37. The molecule has 0 bridgehead atoms. The highest BCUT2D eigenvalue weighted by Crippen LogP contribution is 2.28. The number of nitrogens with one attached hydrogen (secondary N) is 1. The summed E-state index contributed by atoms with van der Waals surface area (Å²) in [6.45, 7) is 0. The molecule has 9 nitrogen and oxygen atoms in total. The summed E-state index contributed by atoms with van der Waals surface area (Å²) in [7, 11) is 0. The third-order valence-electron chi connectivity index (χ3n) is 4.66. The molecule has 2 aromatic carbocycles. The van der Waals surface area contributed by atoms with Crippen molar-refractivity contribution in [2.45, 2.75) is 12.8 Å². The first-order chi connectivity index (χ1) is 15.0. The quantitative estimate of drug-likeness (QED) is 0.256. The maximum absolute atomic E-state index is 12.4. The van der Waals surface area contributed by atoms with Crippen LogP contribution in [0, 0.1) is 10.1 Å². The summed E-state index contributed by atoms with van der Waals surface area (Å²) in [6.07, 6.45) is 2.30. The van der Waals surface area contributed by atoms with Gasteiger partial charge in [0.25, 0.3) is 5.69 Å². The molecule has 0 fully saturated rings. The topological polar surface area (TPSA) is 129 Å². The molecule has 0 spiro atoms. The van der Waals surface area contributed by atoms with Crippen molar-refractivity contribution in [3.63, 3.8) is 0 Å². The number of carbonyl (C=O) groups excluding carboxylic acids is 1. The molecule has 0 aliphatic carbocycles. The molecule has 4 aromatic rings. The van der Waals surface area contributed by atoms with E-state index in [1.165, 1.54) is 16.8 Å². The summed E-state index contributed by atoms with van der Waals surface area (Å²) < 4.78 is 1.51. The van der Waals surface area contributed by atoms with Crippen LogP contribution < -0.4 is 11.1 Å². The van der Waals surface area contributed by atoms with E-state index in [1.54, 1.807) is 35.7 Å². The van der Waals surface area contributed by atoms with E-state index >= 15 is 0 Å². The molecule has 0 aliphatic heterocycles. The molecule has 2 aromatic heterocycles. The van der Waals surface area contributed by atoms with Crippen molar-refractivity contribution in [2.75, 3.05) is 11.1 Å². The van der Waals surface area contributed by atoms with Crippen LogP contribution in [0.25, 0.3) is 16.8 Å². The van der Waals surface area contributed by atoms with Gasteiger partial charge in [-0.3, -0.25) is 14.9 Å². The van der Waals surface area contributed by atoms with E-state index in [2.05, 4.69) is 15.6 Å². The number of hydrogen-bond acceptors (Lipinski definition) is 7. The van der Waals surface area contributed by atoms with Crippen LogP contribution >= 0.6 is 11.3 Å². The number of hydrogen-bond donors (Lipinski definition) is 2. The summed E-state index contributed by atoms with van der Waals surface area (Å²) in [6, 6.07) is 13.6. The van der Waals surface area contributed by atoms with E-state index in [9.17, 15) is 14.9 Å². The predicted octanol–water partition coefficient (Wildman–Crippen LogP) is 4.06. The number of nitrogen functional groups attached to an aromatic ring is 1. The van der Waals surface area contributed by atoms with Gasteiger partial charge in [0.1, 0.15) is 0 Å². The van der Waals surface area contributed by atoms with Gasteiger partial charge in [-0.1, -0.05) is 11.3 Å². The molecule has 0 atom stereocenters. The number of amides is 1. The number of rotatable bonds is 7. The van der Waals surface area contributed by atoms with Crippen molar-refractivity contribution >= 4 is 34.3 Å². The van der Waals surface area contributed by atoms with Crippen LogP contribution in [0.15, 0.2) is 65.5 Å². The van der Waals surface area contributed by atoms with Gasteiger partial charge in [-0.25, -0.2) is 4.68 Å². The molecule has 3 N–H and O–H groups in total. The van der Waals surface area contributed by atoms with Gasteiger partial charge in [-0.2, -0.15) is 11.3 Å². The second kappa shape index (κ2) is 8.76. The number of benzene rings is 2. The van der Waals surface area contributed by atoms with E-state index in [-0.39, 0.29) is 18.0 Å². The average Bonchev–Trinajstić information content (AvgIpc) is 3.46. The highest BCUT2D eigenvalue weighted by molar-refractivity contribution is 7.08. The van der Waals surface area contributed by atoms with E-state index in [0.29, 0.717) is 29.2 Å². The standard InChI is InChI=1S/C21H18N6O3S/c22-19-7-1-14(15-9-10-31-13-15)11-20(19)23-21(28)8-2-16-12-26(25-24-16)17-3-5-18(6-4-17)27(29)30/h1,3-7,9-13H,2,8,22H2,(H,23,28). The van der Waals surface area contributed by atoms with E-state index < -0.39 is 4.92 Å². The van der Waals surface area contributed by atoms with Crippen molar-refractivity contribution in [3.8, 4) is 16.8 Å². The lowest BCUT2D eigenvalue weighted by molar-refractivity contribution is -0.384. The Bertz CT molecular complexity index is 1220. The fraction of sp³-hybridized carbons (Fsp3) is 0.0952. The first-order valence-corrected chi connectivity index (χ1v) is 10.3. The van der Waals surface area contributed by atoms with Crippen LogP contribution in [-0.2, 0) is 11.2 Å². The van der Waals surface area contributed by atoms with Gasteiger partial charge in [0, 0.05) is 25.0 Å². The number of nitrogens with two attached hydrogens (primary N) is 1. The lowest BCUT2D eigenvalue weighted by Gasteiger charge is -2.10. The molecular weight excluding hydrogens is 416 g/mol. The van der Waals surface area contributed by atoms with E-state index in [1.807, 2.05) is 29.0 Å². The van der Waals surface area contributed by atoms with Crippen LogP contribution in [0.3, 0.4) is 0 Å². The molecule has 0 radical (unpaired) electrons. The van der Waals surface area contributed by atoms with Crippen molar-refractivity contribution in [1.82, 2.24) is 15.0 Å². The largest absolute Gasteiger partial charge is 0.397 e. The second-order valence-corrected chi connectivity index (χ2v) is 7.57. The van der Waals surface area contributed by atoms with Crippen LogP contribution in [0.2, 0.25) is 0 Å². The number of non-ortho nitro benzene ring substituents is 1. The number of nitrogens with zero attached hydrogens (tertiary/aromatic N) is 4. The number of thiophene rings is 1. The van der Waals surface area contributed by atoms with Crippen LogP contribution in [-0.4, -0.2) is 25.8 Å². The first kappa shape index (κ1) is 20.2. The Morgan fingerprint density at radius 2 is 1.97 bits per heavy atom. The summed E-state index contributed by atoms with van der Waals surface area (Å²) in [5.74, 6) is -0.181. The highest BCUT2D eigenvalue weighted by Gasteiger charge is 2.11. The van der Waals surface area contributed by atoms with Gasteiger partial charge in [0.05, 0.1) is 33.9 Å². The number of carbonyl (C=O) groups is 1. The normalized spacial score (nSPS) is 10.7. The zero-order chi connectivity index (χ0) is 21.8. The SMILES string of the molecule is Nc1ccc(-c2ccsc2)cc1NC(=O)CCc1cn(-c2ccc([N+](=O)[O-])cc2)nn1. The van der Waals surface area contributed by atoms with E-state index in [4.69, 9.17) is 5.73 Å². The summed E-state index contributed by atoms with van der Waals surface area (Å²) >= 11 is 1.60. The van der Waals surface area contributed by atoms with Gasteiger partial charge < -0.3 is 11.1 Å². The average molecular weight is 434 g/mol. The predicted molar refractivity (Wildman–Crippen MR) is 119 cm³/mol. The number of aromatic nitrogens is 3. The minimum Gasteiger partial charge on any atom is -0.397 e. The number of nitro groups is 1. The minimum absolute atomic E-state index is 0.00287. The molecule has 31 heavy (non-hydrogen) atoms. The molecule has 156 valence electrons. The van der Waals surface area contributed by atoms with Gasteiger partial charge in [-0.05, 0) is 52.2 Å². The minimum atomic E-state index is -0.460. The molecule has 0 saturated carbocycles. The number of anilines is 2. The molecule has 10 heteroatoms. The van der Waals surface area contributed by atoms with Crippen LogP contribution in [0.1, 0.15) is 12.1 Å². The van der Waals surface area contributed by atoms with Crippen LogP contribution in [0.4, 0.5) is 17.1 Å². The van der Waals surface area contributed by atoms with Gasteiger partial charge in [0.15, 0.2) is 0 Å². The second-order valence-electron chi connectivity index (χ2n) is 6.79. The lowest BCUT2D eigenvalue weighted by Crippen LogP contribution is -2.13. The summed E-state index contributed by atoms with van der Waals surface area (Å²) in [5, 5.41) is 25.7. The third kappa shape index (κ3) is 4.75. The summed E-state index contributed by atoms with van der Waals surface area (Å²) in [4.78, 5) is 22.7. The Labute approximate surface area is 181 Å². The molecule has 1 amide bonds. The maximum Gasteiger partial charge on any atom is 0.269 e. The monoisotopic (exact) mass is 434 g/mol. The van der Waals surface area contributed by atoms with Gasteiger partial charge >= 0.3 is 0 Å². The Hall–Kier alpha value is -4.05. The lowest BCUT2D eigenvalue weighted by atomic mass is 10.1. The van der Waals surface area contributed by atoms with Gasteiger partial charge in [-0.15, -0.1) is 5.10 Å². The molecule has 0 saturated heterocycles. The van der Waals surface area contributed by atoms with Gasteiger partial charge in [0.2, 0.25) is 5.91 Å². The number of aryl methyl sites for hydroxylation is 1. The maximum atomic E-state index is 12.4. The molecule has 2 heterocycles. The Morgan fingerprint density at radius 1 is 1.16 bits per heavy atom. The van der Waals surface area contributed by atoms with Crippen molar-refractivity contribution in [3.05, 3.63) is 81.3 Å². The fourth-order valence-electron chi connectivity index (χ4n) is 2.99. The third-order valence-corrected chi connectivity index (χ3v) is 5.34. The smallest absolute Gasteiger partial charge is 0.269 e. The fourth-order valence-corrected chi connectivity index (χ4v) is 3.66. The highest BCUT2D eigenvalue weighted by atomic mass is 32.1. The number of nitro benzene ring substituents is 1. The molecule has 4 rings (SSSR count). The van der Waals surface area contributed by atoms with Crippen molar-refractivity contribution < 1.29 is 9.72 Å². The summed E-state index contributed by atoms with van der Waals surface area (Å²) in [5.41, 5.74) is 10.4. The zero-order valence-electron chi connectivity index (χ0n) is 16.3. The molecular formula is C21H18N6O3S. The zero-order valence-corrected chi connectivity index (χ0v) is 17.1. The van der Waals surface area contributed by atoms with Crippen LogP contribution in [0.5, 0.6) is 0 Å². The molecule has 0 aliphatic rings. The Kier molecular flexibility index (Phi) is 5.72. The molecule has 0 unspecified atom stereocenters. The van der Waals surface area contributed by atoms with E-state index in [0.717, 1.165) is 11.1 Å². The Balaban J connectivity index is 1.37. The van der Waals surface area contributed by atoms with Crippen molar-refractivity contribution in [2.24, 2.45) is 0 Å². The van der Waals surface area contributed by atoms with Crippen molar-refractivity contribution in [1.29, 1.82) is 0 Å². The Morgan fingerprint density at radius 3 is 2.68 bits per heavy atom.